The Labute approximate surface area is 214 Å². The zero-order valence-corrected chi connectivity index (χ0v) is 21.9. The van der Waals surface area contributed by atoms with Gasteiger partial charge in [0.15, 0.2) is 0 Å². The monoisotopic (exact) mass is 505 g/mol. The average molecular weight is 506 g/mol. The molecule has 0 radical (unpaired) electrons. The highest BCUT2D eigenvalue weighted by Gasteiger charge is 2.16. The number of hydrogen-bond donors (Lipinski definition) is 1. The van der Waals surface area contributed by atoms with Crippen molar-refractivity contribution in [3.8, 4) is 5.75 Å². The molecule has 0 unspecified atom stereocenters. The van der Waals surface area contributed by atoms with E-state index in [1.165, 1.54) is 21.5 Å². The Bertz CT molecular complexity index is 1470. The van der Waals surface area contributed by atoms with Crippen molar-refractivity contribution in [1.29, 1.82) is 0 Å². The molecule has 0 saturated heterocycles. The summed E-state index contributed by atoms with van der Waals surface area (Å²) >= 11 is 1.33. The van der Waals surface area contributed by atoms with E-state index in [0.29, 0.717) is 34.6 Å². The first-order chi connectivity index (χ1) is 17.2. The number of hydrogen-bond acceptors (Lipinski definition) is 5. The van der Waals surface area contributed by atoms with Gasteiger partial charge in [-0.15, -0.1) is 11.3 Å². The van der Waals surface area contributed by atoms with Gasteiger partial charge in [-0.25, -0.2) is 4.79 Å². The maximum absolute atomic E-state index is 13.4. The molecule has 0 spiro atoms. The summed E-state index contributed by atoms with van der Waals surface area (Å²) in [5.74, 6) is 0.530. The van der Waals surface area contributed by atoms with Gasteiger partial charge >= 0.3 is 5.69 Å². The van der Waals surface area contributed by atoms with Gasteiger partial charge < -0.3 is 10.1 Å². The van der Waals surface area contributed by atoms with Crippen molar-refractivity contribution in [3.63, 3.8) is 0 Å². The zero-order chi connectivity index (χ0) is 25.9. The molecular weight excluding hydrogens is 474 g/mol. The number of fused-ring (bicyclic) bond motifs is 1. The SMILES string of the molecule is COc1ccc(NC(=O)CCCn2c(=O)c3sccc3n(Cc3ccc(C(C)(C)C)cc3)c2=O)cc1. The van der Waals surface area contributed by atoms with Crippen LogP contribution in [0.5, 0.6) is 5.75 Å². The summed E-state index contributed by atoms with van der Waals surface area (Å²) in [5.41, 5.74) is 2.89. The number of nitrogens with zero attached hydrogens (tertiary/aromatic N) is 2. The summed E-state index contributed by atoms with van der Waals surface area (Å²) in [6.07, 6.45) is 0.558. The van der Waals surface area contributed by atoms with Gasteiger partial charge in [0.05, 0.1) is 19.2 Å². The molecule has 8 heteroatoms. The van der Waals surface area contributed by atoms with Gasteiger partial charge in [0.25, 0.3) is 5.56 Å². The summed E-state index contributed by atoms with van der Waals surface area (Å²) in [5, 5.41) is 4.66. The number of methoxy groups -OCH3 is 1. The fourth-order valence-corrected chi connectivity index (χ4v) is 4.91. The van der Waals surface area contributed by atoms with E-state index in [2.05, 4.69) is 38.2 Å². The highest BCUT2D eigenvalue weighted by Crippen LogP contribution is 2.23. The number of nitrogens with one attached hydrogen (secondary N) is 1. The lowest BCUT2D eigenvalue weighted by atomic mass is 9.87. The third-order valence-electron chi connectivity index (χ3n) is 6.16. The van der Waals surface area contributed by atoms with Crippen LogP contribution in [0.15, 0.2) is 69.6 Å². The Balaban J connectivity index is 1.50. The van der Waals surface area contributed by atoms with Crippen LogP contribution >= 0.6 is 11.3 Å². The van der Waals surface area contributed by atoms with Crippen LogP contribution in [-0.4, -0.2) is 22.2 Å². The maximum Gasteiger partial charge on any atom is 0.331 e. The van der Waals surface area contributed by atoms with E-state index in [4.69, 9.17) is 4.74 Å². The van der Waals surface area contributed by atoms with Crippen LogP contribution in [0.25, 0.3) is 10.2 Å². The first-order valence-electron chi connectivity index (χ1n) is 11.9. The van der Waals surface area contributed by atoms with Gasteiger partial charge in [-0.05, 0) is 58.7 Å². The molecule has 4 aromatic rings. The molecule has 1 N–H and O–H groups in total. The van der Waals surface area contributed by atoms with E-state index >= 15 is 0 Å². The van der Waals surface area contributed by atoms with Gasteiger partial charge in [0.1, 0.15) is 10.4 Å². The molecular formula is C28H31N3O4S. The van der Waals surface area contributed by atoms with Gasteiger partial charge in [0, 0.05) is 18.7 Å². The van der Waals surface area contributed by atoms with Crippen molar-refractivity contribution in [2.45, 2.75) is 52.1 Å². The second-order valence-corrected chi connectivity index (χ2v) is 10.7. The molecule has 0 aliphatic heterocycles. The first kappa shape index (κ1) is 25.4. The average Bonchev–Trinajstić information content (AvgIpc) is 3.34. The summed E-state index contributed by atoms with van der Waals surface area (Å²) < 4.78 is 8.57. The standard InChI is InChI=1S/C28H31N3O4S/c1-28(2,3)20-9-7-19(8-10-20)18-31-23-15-17-36-25(23)26(33)30(27(31)34)16-5-6-24(32)29-21-11-13-22(35-4)14-12-21/h7-15,17H,5-6,16,18H2,1-4H3,(H,29,32). The molecule has 2 heterocycles. The molecule has 0 aliphatic carbocycles. The smallest absolute Gasteiger partial charge is 0.331 e. The predicted octanol–water partition coefficient (Wildman–Crippen LogP) is 5.00. The minimum absolute atomic E-state index is 0.0445. The third-order valence-corrected chi connectivity index (χ3v) is 7.05. The van der Waals surface area contributed by atoms with Crippen molar-refractivity contribution < 1.29 is 9.53 Å². The number of ether oxygens (including phenoxy) is 1. The van der Waals surface area contributed by atoms with Gasteiger partial charge in [-0.2, -0.15) is 0 Å². The molecule has 188 valence electrons. The summed E-state index contributed by atoms with van der Waals surface area (Å²) in [4.78, 5) is 38.8. The van der Waals surface area contributed by atoms with E-state index in [-0.39, 0.29) is 35.5 Å². The van der Waals surface area contributed by atoms with E-state index in [0.717, 1.165) is 5.56 Å². The van der Waals surface area contributed by atoms with E-state index in [1.54, 1.807) is 35.9 Å². The maximum atomic E-state index is 13.4. The summed E-state index contributed by atoms with van der Waals surface area (Å²) in [6.45, 7) is 7.02. The second-order valence-electron chi connectivity index (χ2n) is 9.79. The van der Waals surface area contributed by atoms with Crippen LogP contribution in [0.4, 0.5) is 5.69 Å². The van der Waals surface area contributed by atoms with Crippen LogP contribution in [0, 0.1) is 0 Å². The highest BCUT2D eigenvalue weighted by molar-refractivity contribution is 7.17. The first-order valence-corrected chi connectivity index (χ1v) is 12.8. The lowest BCUT2D eigenvalue weighted by molar-refractivity contribution is -0.116. The Morgan fingerprint density at radius 2 is 1.67 bits per heavy atom. The Kier molecular flexibility index (Phi) is 7.45. The third kappa shape index (κ3) is 5.60. The number of benzene rings is 2. The largest absolute Gasteiger partial charge is 0.497 e. The van der Waals surface area contributed by atoms with Crippen molar-refractivity contribution in [2.75, 3.05) is 12.4 Å². The molecule has 1 amide bonds. The quantitative estimate of drug-likeness (QED) is 0.365. The number of thiophene rings is 1. The number of anilines is 1. The molecule has 36 heavy (non-hydrogen) atoms. The lowest BCUT2D eigenvalue weighted by Crippen LogP contribution is -2.40. The Hall–Kier alpha value is -3.65. The predicted molar refractivity (Wildman–Crippen MR) is 145 cm³/mol. The Morgan fingerprint density at radius 1 is 0.972 bits per heavy atom. The number of amides is 1. The van der Waals surface area contributed by atoms with Crippen LogP contribution in [0.2, 0.25) is 0 Å². The molecule has 0 atom stereocenters. The minimum Gasteiger partial charge on any atom is -0.497 e. The van der Waals surface area contributed by atoms with E-state index in [1.807, 2.05) is 23.6 Å². The van der Waals surface area contributed by atoms with Crippen LogP contribution < -0.4 is 21.3 Å². The second kappa shape index (κ2) is 10.5. The molecule has 0 saturated carbocycles. The normalized spacial score (nSPS) is 11.6. The number of rotatable bonds is 8. The minimum atomic E-state index is -0.360. The lowest BCUT2D eigenvalue weighted by Gasteiger charge is -2.19. The molecule has 2 aromatic heterocycles. The van der Waals surface area contributed by atoms with Crippen molar-refractivity contribution in [1.82, 2.24) is 9.13 Å². The summed E-state index contributed by atoms with van der Waals surface area (Å²) in [6, 6.07) is 17.1. The molecule has 0 aliphatic rings. The number of carbonyl (C=O) groups is 1. The molecule has 0 fully saturated rings. The van der Waals surface area contributed by atoms with Crippen LogP contribution in [-0.2, 0) is 23.3 Å². The molecule has 7 nitrogen and oxygen atoms in total. The fraction of sp³-hybridized carbons (Fsp3) is 0.321. The molecule has 4 rings (SSSR count). The topological polar surface area (TPSA) is 82.3 Å². The van der Waals surface area contributed by atoms with Crippen molar-refractivity contribution >= 4 is 33.1 Å². The van der Waals surface area contributed by atoms with Gasteiger partial charge in [-0.3, -0.25) is 18.7 Å². The van der Waals surface area contributed by atoms with E-state index in [9.17, 15) is 14.4 Å². The van der Waals surface area contributed by atoms with Crippen LogP contribution in [0.3, 0.4) is 0 Å². The number of carbonyl (C=O) groups excluding carboxylic acids is 1. The van der Waals surface area contributed by atoms with Crippen molar-refractivity contribution in [2.24, 2.45) is 0 Å². The van der Waals surface area contributed by atoms with Crippen molar-refractivity contribution in [3.05, 3.63) is 91.9 Å². The van der Waals surface area contributed by atoms with E-state index < -0.39 is 0 Å². The molecule has 2 aromatic carbocycles. The number of aromatic nitrogens is 2. The van der Waals surface area contributed by atoms with Gasteiger partial charge in [-0.1, -0.05) is 45.0 Å². The highest BCUT2D eigenvalue weighted by atomic mass is 32.1. The summed E-state index contributed by atoms with van der Waals surface area (Å²) in [7, 11) is 1.58. The zero-order valence-electron chi connectivity index (χ0n) is 21.0. The fourth-order valence-electron chi connectivity index (χ4n) is 4.07. The van der Waals surface area contributed by atoms with Gasteiger partial charge in [0.2, 0.25) is 5.91 Å². The van der Waals surface area contributed by atoms with Crippen LogP contribution in [0.1, 0.15) is 44.7 Å². The molecule has 0 bridgehead atoms. The Morgan fingerprint density at radius 3 is 2.31 bits per heavy atom.